The van der Waals surface area contributed by atoms with Gasteiger partial charge in [0.2, 0.25) is 0 Å². The SMILES string of the molecule is NNC(CSc1ccccc1)c1ccc(Cl)cc1. The highest BCUT2D eigenvalue weighted by Crippen LogP contribution is 2.24. The minimum atomic E-state index is 0.118. The van der Waals surface area contributed by atoms with Gasteiger partial charge in [-0.3, -0.25) is 11.3 Å². The molecule has 2 aromatic rings. The summed E-state index contributed by atoms with van der Waals surface area (Å²) in [5, 5.41) is 0.741. The molecule has 0 bridgehead atoms. The summed E-state index contributed by atoms with van der Waals surface area (Å²) in [5.74, 6) is 6.49. The summed E-state index contributed by atoms with van der Waals surface area (Å²) in [6, 6.07) is 18.2. The van der Waals surface area contributed by atoms with E-state index in [1.54, 1.807) is 11.8 Å². The molecule has 1 atom stereocenters. The van der Waals surface area contributed by atoms with Crippen molar-refractivity contribution in [3.8, 4) is 0 Å². The number of nitrogens with two attached hydrogens (primary N) is 1. The minimum Gasteiger partial charge on any atom is -0.271 e. The van der Waals surface area contributed by atoms with E-state index >= 15 is 0 Å². The van der Waals surface area contributed by atoms with Crippen LogP contribution < -0.4 is 11.3 Å². The van der Waals surface area contributed by atoms with Crippen molar-refractivity contribution in [3.05, 3.63) is 65.2 Å². The van der Waals surface area contributed by atoms with Crippen LogP contribution in [0.1, 0.15) is 11.6 Å². The molecule has 0 amide bonds. The lowest BCUT2D eigenvalue weighted by atomic mass is 10.1. The van der Waals surface area contributed by atoms with Crippen molar-refractivity contribution in [2.75, 3.05) is 5.75 Å². The van der Waals surface area contributed by atoms with Crippen molar-refractivity contribution >= 4 is 23.4 Å². The number of nitrogens with one attached hydrogen (secondary N) is 1. The van der Waals surface area contributed by atoms with Gasteiger partial charge in [-0.05, 0) is 29.8 Å². The molecule has 0 saturated carbocycles. The molecule has 0 radical (unpaired) electrons. The molecular formula is C14H15ClN2S. The molecule has 3 N–H and O–H groups in total. The molecule has 4 heteroatoms. The van der Waals surface area contributed by atoms with Gasteiger partial charge < -0.3 is 0 Å². The largest absolute Gasteiger partial charge is 0.271 e. The van der Waals surface area contributed by atoms with Crippen LogP contribution in [0.4, 0.5) is 0 Å². The van der Waals surface area contributed by atoms with E-state index in [-0.39, 0.29) is 6.04 Å². The van der Waals surface area contributed by atoms with E-state index in [2.05, 4.69) is 17.6 Å². The molecule has 0 saturated heterocycles. The van der Waals surface area contributed by atoms with Gasteiger partial charge >= 0.3 is 0 Å². The standard InChI is InChI=1S/C14H15ClN2S/c15-12-8-6-11(7-9-12)14(17-16)10-18-13-4-2-1-3-5-13/h1-9,14,17H,10,16H2. The monoisotopic (exact) mass is 278 g/mol. The van der Waals surface area contributed by atoms with E-state index in [0.717, 1.165) is 16.3 Å². The zero-order valence-corrected chi connectivity index (χ0v) is 11.4. The van der Waals surface area contributed by atoms with Crippen molar-refractivity contribution in [1.29, 1.82) is 0 Å². The van der Waals surface area contributed by atoms with Gasteiger partial charge in [-0.1, -0.05) is 41.9 Å². The number of hydrazine groups is 1. The van der Waals surface area contributed by atoms with Gasteiger partial charge in [-0.2, -0.15) is 0 Å². The lowest BCUT2D eigenvalue weighted by Crippen LogP contribution is -2.29. The predicted octanol–water partition coefficient (Wildman–Crippen LogP) is 3.64. The molecule has 0 aliphatic rings. The molecule has 0 aliphatic heterocycles. The Balaban J connectivity index is 1.99. The van der Waals surface area contributed by atoms with Crippen LogP contribution in [0.25, 0.3) is 0 Å². The first kappa shape index (κ1) is 13.4. The molecule has 2 rings (SSSR count). The van der Waals surface area contributed by atoms with Crippen LogP contribution in [0.3, 0.4) is 0 Å². The van der Waals surface area contributed by atoms with Crippen molar-refractivity contribution in [2.24, 2.45) is 5.84 Å². The lowest BCUT2D eigenvalue weighted by Gasteiger charge is -2.16. The van der Waals surface area contributed by atoms with Crippen LogP contribution >= 0.6 is 23.4 Å². The normalized spacial score (nSPS) is 12.3. The Kier molecular flexibility index (Phi) is 5.08. The van der Waals surface area contributed by atoms with Gasteiger partial charge in [0.25, 0.3) is 0 Å². The van der Waals surface area contributed by atoms with E-state index < -0.39 is 0 Å². The van der Waals surface area contributed by atoms with Gasteiger partial charge in [-0.25, -0.2) is 0 Å². The lowest BCUT2D eigenvalue weighted by molar-refractivity contribution is 0.611. The Morgan fingerprint density at radius 2 is 1.72 bits per heavy atom. The van der Waals surface area contributed by atoms with Gasteiger partial charge in [-0.15, -0.1) is 11.8 Å². The van der Waals surface area contributed by atoms with Crippen LogP contribution in [0, 0.1) is 0 Å². The Labute approximate surface area is 117 Å². The summed E-state index contributed by atoms with van der Waals surface area (Å²) in [4.78, 5) is 1.24. The molecule has 0 aliphatic carbocycles. The Morgan fingerprint density at radius 1 is 1.06 bits per heavy atom. The van der Waals surface area contributed by atoms with Crippen molar-refractivity contribution in [1.82, 2.24) is 5.43 Å². The average Bonchev–Trinajstić information content (AvgIpc) is 2.42. The van der Waals surface area contributed by atoms with Crippen LogP contribution in [-0.2, 0) is 0 Å². The summed E-state index contributed by atoms with van der Waals surface area (Å²) in [5.41, 5.74) is 3.99. The Morgan fingerprint density at radius 3 is 2.33 bits per heavy atom. The third-order valence-electron chi connectivity index (χ3n) is 2.63. The fraction of sp³-hybridized carbons (Fsp3) is 0.143. The number of hydrogen-bond acceptors (Lipinski definition) is 3. The van der Waals surface area contributed by atoms with Crippen LogP contribution in [0.15, 0.2) is 59.5 Å². The molecule has 0 heterocycles. The van der Waals surface area contributed by atoms with Crippen LogP contribution in [0.5, 0.6) is 0 Å². The van der Waals surface area contributed by atoms with E-state index in [1.807, 2.05) is 42.5 Å². The topological polar surface area (TPSA) is 38.0 Å². The molecule has 2 nitrogen and oxygen atoms in total. The summed E-state index contributed by atoms with van der Waals surface area (Å²) in [6.07, 6.45) is 0. The van der Waals surface area contributed by atoms with E-state index in [0.29, 0.717) is 0 Å². The molecule has 1 unspecified atom stereocenters. The second kappa shape index (κ2) is 6.81. The molecule has 94 valence electrons. The quantitative estimate of drug-likeness (QED) is 0.498. The number of halogens is 1. The van der Waals surface area contributed by atoms with Gasteiger partial charge in [0.15, 0.2) is 0 Å². The summed E-state index contributed by atoms with van der Waals surface area (Å²) in [7, 11) is 0. The number of rotatable bonds is 5. The molecule has 0 fully saturated rings. The first-order valence-corrected chi connectivity index (χ1v) is 7.05. The highest BCUT2D eigenvalue weighted by molar-refractivity contribution is 7.99. The maximum Gasteiger partial charge on any atom is 0.0553 e. The first-order chi connectivity index (χ1) is 8.79. The summed E-state index contributed by atoms with van der Waals surface area (Å²) >= 11 is 7.65. The van der Waals surface area contributed by atoms with Gasteiger partial charge in [0.1, 0.15) is 0 Å². The molecule has 0 spiro atoms. The van der Waals surface area contributed by atoms with E-state index in [4.69, 9.17) is 17.4 Å². The fourth-order valence-corrected chi connectivity index (χ4v) is 2.76. The maximum absolute atomic E-state index is 5.88. The Bertz CT molecular complexity index is 473. The second-order valence-corrected chi connectivity index (χ2v) is 5.42. The van der Waals surface area contributed by atoms with Crippen molar-refractivity contribution in [3.63, 3.8) is 0 Å². The molecule has 0 aromatic heterocycles. The van der Waals surface area contributed by atoms with Crippen LogP contribution in [0.2, 0.25) is 5.02 Å². The number of thioether (sulfide) groups is 1. The Hall–Kier alpha value is -1.00. The third kappa shape index (κ3) is 3.75. The van der Waals surface area contributed by atoms with Gasteiger partial charge in [0.05, 0.1) is 6.04 Å². The zero-order chi connectivity index (χ0) is 12.8. The maximum atomic E-state index is 5.88. The minimum absolute atomic E-state index is 0.118. The van der Waals surface area contributed by atoms with E-state index in [1.165, 1.54) is 4.90 Å². The highest BCUT2D eigenvalue weighted by Gasteiger charge is 2.09. The average molecular weight is 279 g/mol. The van der Waals surface area contributed by atoms with Crippen LogP contribution in [-0.4, -0.2) is 5.75 Å². The van der Waals surface area contributed by atoms with Crippen molar-refractivity contribution < 1.29 is 0 Å². The zero-order valence-electron chi connectivity index (χ0n) is 9.84. The first-order valence-electron chi connectivity index (χ1n) is 5.69. The van der Waals surface area contributed by atoms with Gasteiger partial charge in [0, 0.05) is 15.7 Å². The molecular weight excluding hydrogens is 264 g/mol. The fourth-order valence-electron chi connectivity index (χ4n) is 1.63. The summed E-state index contributed by atoms with van der Waals surface area (Å²) < 4.78 is 0. The highest BCUT2D eigenvalue weighted by atomic mass is 35.5. The number of benzene rings is 2. The smallest absolute Gasteiger partial charge is 0.0553 e. The summed E-state index contributed by atoms with van der Waals surface area (Å²) in [6.45, 7) is 0. The predicted molar refractivity (Wildman–Crippen MR) is 78.7 cm³/mol. The second-order valence-electron chi connectivity index (χ2n) is 3.89. The third-order valence-corrected chi connectivity index (χ3v) is 3.99. The van der Waals surface area contributed by atoms with E-state index in [9.17, 15) is 0 Å². The van der Waals surface area contributed by atoms with Crippen molar-refractivity contribution in [2.45, 2.75) is 10.9 Å². The molecule has 18 heavy (non-hydrogen) atoms. The molecule has 2 aromatic carbocycles. The number of hydrogen-bond donors (Lipinski definition) is 2.